The molecule has 0 bridgehead atoms. The fourth-order valence-corrected chi connectivity index (χ4v) is 2.54. The highest BCUT2D eigenvalue weighted by atomic mass is 35.5. The van der Waals surface area contributed by atoms with Gasteiger partial charge < -0.3 is 16.4 Å². The summed E-state index contributed by atoms with van der Waals surface area (Å²) >= 11 is 6.16. The number of rotatable bonds is 6. The number of carbonyl (C=O) groups is 1. The fourth-order valence-electron chi connectivity index (χ4n) is 2.36. The van der Waals surface area contributed by atoms with Crippen molar-refractivity contribution in [1.29, 1.82) is 0 Å². The van der Waals surface area contributed by atoms with Gasteiger partial charge in [0.2, 0.25) is 0 Å². The minimum atomic E-state index is -0.535. The Kier molecular flexibility index (Phi) is 5.16. The van der Waals surface area contributed by atoms with Crippen molar-refractivity contribution >= 4 is 34.7 Å². The maximum Gasteiger partial charge on any atom is 0.252 e. The number of benzene rings is 2. The van der Waals surface area contributed by atoms with E-state index in [0.717, 1.165) is 11.3 Å². The maximum atomic E-state index is 11.7. The van der Waals surface area contributed by atoms with Crippen LogP contribution in [0.3, 0.4) is 0 Å². The summed E-state index contributed by atoms with van der Waals surface area (Å²) in [5, 5.41) is 6.96. The molecule has 0 saturated heterocycles. The Balaban J connectivity index is 1.84. The van der Waals surface area contributed by atoms with Crippen LogP contribution in [-0.4, -0.2) is 10.9 Å². The molecule has 1 amide bonds. The van der Waals surface area contributed by atoms with Crippen molar-refractivity contribution in [2.24, 2.45) is 5.73 Å². The first-order valence-electron chi connectivity index (χ1n) is 7.72. The second kappa shape index (κ2) is 7.68. The van der Waals surface area contributed by atoms with E-state index in [-0.39, 0.29) is 0 Å². The van der Waals surface area contributed by atoms with Crippen LogP contribution in [0.2, 0.25) is 5.02 Å². The summed E-state index contributed by atoms with van der Waals surface area (Å²) in [6.45, 7) is 0.566. The second-order valence-corrected chi connectivity index (χ2v) is 5.83. The minimum absolute atomic E-state index is 0.334. The number of halogens is 1. The number of primary amides is 1. The van der Waals surface area contributed by atoms with E-state index in [1.165, 1.54) is 6.20 Å². The molecule has 3 rings (SSSR count). The second-order valence-electron chi connectivity index (χ2n) is 5.42. The van der Waals surface area contributed by atoms with Crippen LogP contribution in [0.5, 0.6) is 0 Å². The number of nitrogens with one attached hydrogen (secondary N) is 2. The molecule has 1 heterocycles. The molecule has 6 heteroatoms. The average molecular weight is 353 g/mol. The lowest BCUT2D eigenvalue weighted by Crippen LogP contribution is -2.15. The number of nitrogens with zero attached hydrogens (tertiary/aromatic N) is 1. The summed E-state index contributed by atoms with van der Waals surface area (Å²) in [5.74, 6) is 0.0287. The molecular formula is C19H17ClN4O. The van der Waals surface area contributed by atoms with E-state index in [9.17, 15) is 4.79 Å². The number of hydrogen-bond donors (Lipinski definition) is 3. The largest absolute Gasteiger partial charge is 0.380 e. The molecule has 0 aliphatic carbocycles. The normalized spacial score (nSPS) is 10.3. The quantitative estimate of drug-likeness (QED) is 0.621. The summed E-state index contributed by atoms with van der Waals surface area (Å²) in [7, 11) is 0. The van der Waals surface area contributed by atoms with Crippen molar-refractivity contribution in [3.05, 3.63) is 83.0 Å². The van der Waals surface area contributed by atoms with Crippen LogP contribution in [0.25, 0.3) is 0 Å². The van der Waals surface area contributed by atoms with Gasteiger partial charge in [-0.3, -0.25) is 4.79 Å². The van der Waals surface area contributed by atoms with Gasteiger partial charge in [-0.05, 0) is 17.7 Å². The first-order chi connectivity index (χ1) is 12.1. The first kappa shape index (κ1) is 16.8. The molecule has 1 aromatic heterocycles. The maximum absolute atomic E-state index is 11.7. The zero-order chi connectivity index (χ0) is 17.6. The third-order valence-electron chi connectivity index (χ3n) is 3.63. The zero-order valence-electron chi connectivity index (χ0n) is 13.4. The number of pyridine rings is 1. The van der Waals surface area contributed by atoms with E-state index in [1.807, 2.05) is 48.5 Å². The van der Waals surface area contributed by atoms with Gasteiger partial charge in [0.25, 0.3) is 5.91 Å². The molecule has 0 unspecified atom stereocenters. The van der Waals surface area contributed by atoms with E-state index >= 15 is 0 Å². The molecule has 2 aromatic carbocycles. The Morgan fingerprint density at radius 2 is 1.76 bits per heavy atom. The van der Waals surface area contributed by atoms with Gasteiger partial charge in [-0.2, -0.15) is 0 Å². The number of nitrogens with two attached hydrogens (primary N) is 1. The Hall–Kier alpha value is -3.05. The Labute approximate surface area is 150 Å². The number of amides is 1. The average Bonchev–Trinajstić information content (AvgIpc) is 2.63. The Bertz CT molecular complexity index is 884. The van der Waals surface area contributed by atoms with Crippen molar-refractivity contribution < 1.29 is 4.79 Å². The highest BCUT2D eigenvalue weighted by Crippen LogP contribution is 2.26. The van der Waals surface area contributed by atoms with Crippen LogP contribution in [-0.2, 0) is 6.54 Å². The Morgan fingerprint density at radius 3 is 2.48 bits per heavy atom. The fraction of sp³-hybridized carbons (Fsp3) is 0.0526. The van der Waals surface area contributed by atoms with Gasteiger partial charge in [0.05, 0.1) is 22.0 Å². The lowest BCUT2D eigenvalue weighted by atomic mass is 10.2. The highest BCUT2D eigenvalue weighted by molar-refractivity contribution is 6.33. The van der Waals surface area contributed by atoms with Crippen molar-refractivity contribution in [2.75, 3.05) is 10.6 Å². The van der Waals surface area contributed by atoms with Crippen LogP contribution < -0.4 is 16.4 Å². The molecule has 0 atom stereocenters. The molecule has 0 aliphatic heterocycles. The van der Waals surface area contributed by atoms with Crippen LogP contribution >= 0.6 is 11.6 Å². The van der Waals surface area contributed by atoms with Crippen molar-refractivity contribution in [1.82, 2.24) is 4.98 Å². The lowest BCUT2D eigenvalue weighted by Gasteiger charge is -2.13. The molecule has 0 aliphatic rings. The summed E-state index contributed by atoms with van der Waals surface area (Å²) in [6, 6.07) is 19.0. The van der Waals surface area contributed by atoms with Gasteiger partial charge in [-0.1, -0.05) is 54.1 Å². The highest BCUT2D eigenvalue weighted by Gasteiger charge is 2.11. The molecular weight excluding hydrogens is 336 g/mol. The molecule has 0 radical (unpaired) electrons. The molecule has 0 spiro atoms. The lowest BCUT2D eigenvalue weighted by molar-refractivity contribution is 0.100. The number of anilines is 3. The zero-order valence-corrected chi connectivity index (χ0v) is 14.1. The number of aromatic nitrogens is 1. The standard InChI is InChI=1S/C19H17ClN4O/c20-15-8-4-5-9-16(15)24-18-10-17(14(12-23-18)19(21)25)22-11-13-6-2-1-3-7-13/h1-10,12H,11H2,(H2,21,25)(H2,22,23,24). The Morgan fingerprint density at radius 1 is 1.04 bits per heavy atom. The SMILES string of the molecule is NC(=O)c1cnc(Nc2ccccc2Cl)cc1NCc1ccccc1. The molecule has 3 aromatic rings. The van der Waals surface area contributed by atoms with Crippen LogP contribution in [0.15, 0.2) is 66.9 Å². The third-order valence-corrected chi connectivity index (χ3v) is 3.96. The number of para-hydroxylation sites is 1. The van der Waals surface area contributed by atoms with Crippen molar-refractivity contribution in [3.63, 3.8) is 0 Å². The van der Waals surface area contributed by atoms with Gasteiger partial charge in [-0.15, -0.1) is 0 Å². The summed E-state index contributed by atoms with van der Waals surface area (Å²) in [6.07, 6.45) is 1.45. The van der Waals surface area contributed by atoms with Gasteiger partial charge in [0.1, 0.15) is 5.82 Å². The minimum Gasteiger partial charge on any atom is -0.380 e. The molecule has 126 valence electrons. The van der Waals surface area contributed by atoms with Crippen molar-refractivity contribution in [3.8, 4) is 0 Å². The van der Waals surface area contributed by atoms with Gasteiger partial charge in [-0.25, -0.2) is 4.98 Å². The van der Waals surface area contributed by atoms with Gasteiger partial charge >= 0.3 is 0 Å². The molecule has 5 nitrogen and oxygen atoms in total. The third kappa shape index (κ3) is 4.28. The van der Waals surface area contributed by atoms with Gasteiger partial charge in [0.15, 0.2) is 0 Å². The van der Waals surface area contributed by atoms with E-state index in [1.54, 1.807) is 12.1 Å². The predicted octanol–water partition coefficient (Wildman–Crippen LogP) is 4.19. The van der Waals surface area contributed by atoms with E-state index < -0.39 is 5.91 Å². The smallest absolute Gasteiger partial charge is 0.252 e. The van der Waals surface area contributed by atoms with Crippen LogP contribution in [0, 0.1) is 0 Å². The predicted molar refractivity (Wildman–Crippen MR) is 101 cm³/mol. The summed E-state index contributed by atoms with van der Waals surface area (Å²) < 4.78 is 0. The molecule has 0 saturated carbocycles. The first-order valence-corrected chi connectivity index (χ1v) is 8.10. The topological polar surface area (TPSA) is 80.0 Å². The van der Waals surface area contributed by atoms with E-state index in [2.05, 4.69) is 15.6 Å². The molecule has 4 N–H and O–H groups in total. The van der Waals surface area contributed by atoms with Crippen LogP contribution in [0.1, 0.15) is 15.9 Å². The van der Waals surface area contributed by atoms with Crippen molar-refractivity contribution in [2.45, 2.75) is 6.54 Å². The number of carbonyl (C=O) groups excluding carboxylic acids is 1. The monoisotopic (exact) mass is 352 g/mol. The summed E-state index contributed by atoms with van der Waals surface area (Å²) in [5.41, 5.74) is 8.22. The van der Waals surface area contributed by atoms with Crippen LogP contribution in [0.4, 0.5) is 17.2 Å². The molecule has 0 fully saturated rings. The van der Waals surface area contributed by atoms with Gasteiger partial charge in [0, 0.05) is 18.8 Å². The molecule has 25 heavy (non-hydrogen) atoms. The van der Waals surface area contributed by atoms with E-state index in [0.29, 0.717) is 28.6 Å². The summed E-state index contributed by atoms with van der Waals surface area (Å²) in [4.78, 5) is 15.9. The van der Waals surface area contributed by atoms with E-state index in [4.69, 9.17) is 17.3 Å². The number of hydrogen-bond acceptors (Lipinski definition) is 4.